The van der Waals surface area contributed by atoms with Gasteiger partial charge in [0.15, 0.2) is 0 Å². The Morgan fingerprint density at radius 2 is 2.25 bits per heavy atom. The van der Waals surface area contributed by atoms with E-state index in [1.807, 2.05) is 24.3 Å². The van der Waals surface area contributed by atoms with Crippen LogP contribution in [0.25, 0.3) is 10.2 Å². The summed E-state index contributed by atoms with van der Waals surface area (Å²) in [5.41, 5.74) is 2.12. The van der Waals surface area contributed by atoms with E-state index >= 15 is 0 Å². The molecule has 1 aromatic carbocycles. The molecule has 1 N–H and O–H groups in total. The van der Waals surface area contributed by atoms with Crippen molar-refractivity contribution in [2.45, 2.75) is 4.34 Å². The Labute approximate surface area is 77.5 Å². The zero-order valence-electron chi connectivity index (χ0n) is 6.14. The first-order valence-electron chi connectivity index (χ1n) is 3.42. The Morgan fingerprint density at radius 3 is 3.00 bits per heavy atom. The largest absolute Gasteiger partial charge is 0.363 e. The van der Waals surface area contributed by atoms with Crippen LogP contribution in [0.15, 0.2) is 28.6 Å². The molecule has 0 bridgehead atoms. The summed E-state index contributed by atoms with van der Waals surface area (Å²) in [6.45, 7) is 0. The highest BCUT2D eigenvalue weighted by atomic mass is 32.2. The Bertz CT molecular complexity index is 389. The van der Waals surface area contributed by atoms with Crippen LogP contribution in [-0.2, 0) is 0 Å². The van der Waals surface area contributed by atoms with Crippen molar-refractivity contribution in [2.24, 2.45) is 0 Å². The number of rotatable bonds is 1. The van der Waals surface area contributed by atoms with Gasteiger partial charge in [-0.05, 0) is 12.1 Å². The molecule has 0 unspecified atom stereocenters. The van der Waals surface area contributed by atoms with Gasteiger partial charge in [-0.15, -0.1) is 22.7 Å². The normalized spacial score (nSPS) is 12.1. The van der Waals surface area contributed by atoms with Crippen LogP contribution in [0.4, 0.5) is 0 Å². The summed E-state index contributed by atoms with van der Waals surface area (Å²) in [5.74, 6) is 0. The van der Waals surface area contributed by atoms with E-state index in [-0.39, 0.29) is 0 Å². The quantitative estimate of drug-likeness (QED) is 0.543. The van der Waals surface area contributed by atoms with Crippen LogP contribution in [0.3, 0.4) is 0 Å². The standard InChI is InChI=1S/C8H7NOS2/c10-5-11-8-9-6-3-1-2-4-7(6)12-8/h1-5,10-11H. The van der Waals surface area contributed by atoms with Crippen molar-refractivity contribution < 1.29 is 5.11 Å². The van der Waals surface area contributed by atoms with E-state index < -0.39 is 0 Å². The zero-order chi connectivity index (χ0) is 8.39. The average Bonchev–Trinajstić information content (AvgIpc) is 2.47. The second-order valence-electron chi connectivity index (χ2n) is 2.21. The number of aromatic nitrogens is 1. The molecule has 62 valence electrons. The predicted molar refractivity (Wildman–Crippen MR) is 55.6 cm³/mol. The Kier molecular flexibility index (Phi) is 2.21. The highest BCUT2D eigenvalue weighted by Gasteiger charge is 1.97. The van der Waals surface area contributed by atoms with Gasteiger partial charge in [-0.2, -0.15) is 0 Å². The van der Waals surface area contributed by atoms with Gasteiger partial charge in [0.1, 0.15) is 4.34 Å². The SMILES string of the molecule is OC=[SH]c1nc2ccccc2s1. The van der Waals surface area contributed by atoms with Crippen LogP contribution in [0.5, 0.6) is 0 Å². The lowest BCUT2D eigenvalue weighted by atomic mass is 10.3. The highest BCUT2D eigenvalue weighted by Crippen LogP contribution is 2.25. The maximum atomic E-state index is 8.57. The second-order valence-corrected chi connectivity index (χ2v) is 4.45. The third kappa shape index (κ3) is 1.41. The smallest absolute Gasteiger partial charge is 0.144 e. The van der Waals surface area contributed by atoms with Gasteiger partial charge in [0.2, 0.25) is 0 Å². The lowest BCUT2D eigenvalue weighted by Gasteiger charge is -1.80. The molecule has 0 saturated heterocycles. The Morgan fingerprint density at radius 1 is 1.42 bits per heavy atom. The Balaban J connectivity index is 2.62. The monoisotopic (exact) mass is 197 g/mol. The number of hydrogen-bond donors (Lipinski definition) is 2. The average molecular weight is 197 g/mol. The summed E-state index contributed by atoms with van der Waals surface area (Å²) in [7, 11) is 0. The number of aliphatic hydroxyl groups excluding tert-OH is 1. The lowest BCUT2D eigenvalue weighted by Crippen LogP contribution is -1.65. The minimum Gasteiger partial charge on any atom is -0.363 e. The third-order valence-electron chi connectivity index (χ3n) is 1.45. The first-order chi connectivity index (χ1) is 5.90. The van der Waals surface area contributed by atoms with Gasteiger partial charge < -0.3 is 5.11 Å². The number of aliphatic hydroxyl groups is 1. The fraction of sp³-hybridized carbons (Fsp3) is 0. The molecule has 2 rings (SSSR count). The van der Waals surface area contributed by atoms with E-state index in [0.29, 0.717) is 0 Å². The van der Waals surface area contributed by atoms with Crippen molar-refractivity contribution in [3.8, 4) is 0 Å². The van der Waals surface area contributed by atoms with Crippen LogP contribution < -0.4 is 0 Å². The second kappa shape index (κ2) is 3.35. The molecule has 12 heavy (non-hydrogen) atoms. The molecule has 0 spiro atoms. The molecule has 0 aliphatic rings. The van der Waals surface area contributed by atoms with Crippen molar-refractivity contribution in [1.29, 1.82) is 0 Å². The summed E-state index contributed by atoms with van der Waals surface area (Å²) >= 11 is 2.38. The van der Waals surface area contributed by atoms with Gasteiger partial charge in [0.05, 0.1) is 15.8 Å². The van der Waals surface area contributed by atoms with Gasteiger partial charge >= 0.3 is 0 Å². The minimum atomic E-state index is 0.774. The van der Waals surface area contributed by atoms with Gasteiger partial charge in [-0.25, -0.2) is 4.98 Å². The van der Waals surface area contributed by atoms with Gasteiger partial charge in [0, 0.05) is 0 Å². The molecule has 0 amide bonds. The number of nitrogens with zero attached hydrogens (tertiary/aromatic N) is 1. The molecule has 1 aromatic heterocycles. The summed E-state index contributed by atoms with van der Waals surface area (Å²) < 4.78 is 2.10. The summed E-state index contributed by atoms with van der Waals surface area (Å²) in [6.07, 6.45) is 0. The molecule has 0 aliphatic heterocycles. The number of hydrogen-bond acceptors (Lipinski definition) is 2. The fourth-order valence-corrected chi connectivity index (χ4v) is 2.58. The van der Waals surface area contributed by atoms with Crippen LogP contribution in [-0.4, -0.2) is 15.6 Å². The van der Waals surface area contributed by atoms with Crippen LogP contribution >= 0.6 is 22.7 Å². The van der Waals surface area contributed by atoms with Gasteiger partial charge in [-0.1, -0.05) is 12.1 Å². The maximum Gasteiger partial charge on any atom is 0.144 e. The first-order valence-corrected chi connectivity index (χ1v) is 5.20. The van der Waals surface area contributed by atoms with E-state index in [1.54, 1.807) is 11.3 Å². The zero-order valence-corrected chi connectivity index (χ0v) is 7.85. The molecule has 0 radical (unpaired) electrons. The number of para-hydroxylation sites is 1. The van der Waals surface area contributed by atoms with Crippen molar-refractivity contribution in [2.75, 3.05) is 0 Å². The van der Waals surface area contributed by atoms with Crippen molar-refractivity contribution in [3.63, 3.8) is 0 Å². The molecular weight excluding hydrogens is 190 g/mol. The topological polar surface area (TPSA) is 33.1 Å². The lowest BCUT2D eigenvalue weighted by molar-refractivity contribution is 0.593. The van der Waals surface area contributed by atoms with Crippen LogP contribution in [0.2, 0.25) is 0 Å². The van der Waals surface area contributed by atoms with E-state index in [2.05, 4.69) is 4.98 Å². The number of thiazole rings is 1. The molecule has 0 atom stereocenters. The van der Waals surface area contributed by atoms with Crippen LogP contribution in [0, 0.1) is 0 Å². The van der Waals surface area contributed by atoms with Crippen molar-refractivity contribution >= 4 is 38.5 Å². The van der Waals surface area contributed by atoms with E-state index in [0.717, 1.165) is 26.8 Å². The summed E-state index contributed by atoms with van der Waals surface area (Å²) in [5, 5.41) is 8.57. The number of fused-ring (bicyclic) bond motifs is 1. The molecular formula is C8H7NOS2. The molecule has 2 aromatic rings. The number of benzene rings is 1. The van der Waals surface area contributed by atoms with E-state index in [4.69, 9.17) is 5.11 Å². The molecule has 0 fully saturated rings. The fourth-order valence-electron chi connectivity index (χ4n) is 0.965. The van der Waals surface area contributed by atoms with Crippen LogP contribution in [0.1, 0.15) is 0 Å². The molecule has 2 nitrogen and oxygen atoms in total. The third-order valence-corrected chi connectivity index (χ3v) is 3.32. The van der Waals surface area contributed by atoms with Crippen molar-refractivity contribution in [1.82, 2.24) is 4.98 Å². The minimum absolute atomic E-state index is 0.774. The Hall–Kier alpha value is -0.710. The molecule has 0 saturated carbocycles. The van der Waals surface area contributed by atoms with Gasteiger partial charge in [-0.3, -0.25) is 0 Å². The molecule has 4 heteroatoms. The maximum absolute atomic E-state index is 8.57. The molecule has 0 aliphatic carbocycles. The highest BCUT2D eigenvalue weighted by molar-refractivity contribution is 7.99. The number of thiol groups is 1. The van der Waals surface area contributed by atoms with E-state index in [1.165, 1.54) is 4.70 Å². The van der Waals surface area contributed by atoms with E-state index in [9.17, 15) is 0 Å². The summed E-state index contributed by atoms with van der Waals surface area (Å²) in [4.78, 5) is 4.32. The molecule has 1 heterocycles. The predicted octanol–water partition coefficient (Wildman–Crippen LogP) is 2.44. The summed E-state index contributed by atoms with van der Waals surface area (Å²) in [6, 6.07) is 7.96. The van der Waals surface area contributed by atoms with Gasteiger partial charge in [0.25, 0.3) is 0 Å². The first kappa shape index (κ1) is 7.91. The van der Waals surface area contributed by atoms with Crippen molar-refractivity contribution in [3.05, 3.63) is 24.3 Å².